The number of aliphatic hydroxyl groups excluding tert-OH is 1. The van der Waals surface area contributed by atoms with Gasteiger partial charge < -0.3 is 10.4 Å². The third-order valence-electron chi connectivity index (χ3n) is 2.96. The van der Waals surface area contributed by atoms with Crippen LogP contribution in [-0.4, -0.2) is 11.0 Å². The molecule has 0 saturated carbocycles. The van der Waals surface area contributed by atoms with Crippen molar-refractivity contribution >= 4 is 11.6 Å². The second-order valence-corrected chi connectivity index (χ2v) is 4.62. The van der Waals surface area contributed by atoms with Crippen LogP contribution in [0.2, 0.25) is 0 Å². The predicted octanol–water partition coefficient (Wildman–Crippen LogP) is 3.30. The van der Waals surface area contributed by atoms with E-state index in [1.54, 1.807) is 43.3 Å². The summed E-state index contributed by atoms with van der Waals surface area (Å²) in [6, 6.07) is 14.6. The zero-order valence-electron chi connectivity index (χ0n) is 11.1. The highest BCUT2D eigenvalue weighted by Gasteiger charge is 2.06. The Morgan fingerprint density at radius 2 is 1.63 bits per heavy atom. The van der Waals surface area contributed by atoms with Gasteiger partial charge in [0.1, 0.15) is 0 Å². The predicted molar refractivity (Wildman–Crippen MR) is 76.2 cm³/mol. The Bertz CT molecular complexity index is 556. The SMILES string of the molecule is Cc1ccc(C(=O)Nc2ccc([C@@H](C)O)cc2)cc1. The van der Waals surface area contributed by atoms with E-state index >= 15 is 0 Å². The molecule has 0 unspecified atom stereocenters. The molecule has 0 radical (unpaired) electrons. The van der Waals surface area contributed by atoms with E-state index in [0.29, 0.717) is 5.56 Å². The molecule has 98 valence electrons. The number of rotatable bonds is 3. The molecule has 0 heterocycles. The van der Waals surface area contributed by atoms with Crippen LogP contribution < -0.4 is 5.32 Å². The lowest BCUT2D eigenvalue weighted by molar-refractivity contribution is 0.102. The number of nitrogens with one attached hydrogen (secondary N) is 1. The van der Waals surface area contributed by atoms with Gasteiger partial charge in [0.25, 0.3) is 5.91 Å². The molecule has 2 rings (SSSR count). The fraction of sp³-hybridized carbons (Fsp3) is 0.188. The zero-order chi connectivity index (χ0) is 13.8. The highest BCUT2D eigenvalue weighted by atomic mass is 16.3. The van der Waals surface area contributed by atoms with Crippen molar-refractivity contribution in [2.45, 2.75) is 20.0 Å². The van der Waals surface area contributed by atoms with Gasteiger partial charge in [-0.05, 0) is 43.7 Å². The second-order valence-electron chi connectivity index (χ2n) is 4.62. The molecule has 1 atom stereocenters. The summed E-state index contributed by atoms with van der Waals surface area (Å²) in [5.74, 6) is -0.134. The Balaban J connectivity index is 2.08. The van der Waals surface area contributed by atoms with Gasteiger partial charge in [0, 0.05) is 11.3 Å². The van der Waals surface area contributed by atoms with Gasteiger partial charge in [0.05, 0.1) is 6.10 Å². The summed E-state index contributed by atoms with van der Waals surface area (Å²) >= 11 is 0. The van der Waals surface area contributed by atoms with E-state index in [2.05, 4.69) is 5.32 Å². The number of aliphatic hydroxyl groups is 1. The van der Waals surface area contributed by atoms with E-state index in [0.717, 1.165) is 16.8 Å². The highest BCUT2D eigenvalue weighted by molar-refractivity contribution is 6.04. The number of aryl methyl sites for hydroxylation is 1. The monoisotopic (exact) mass is 255 g/mol. The standard InChI is InChI=1S/C16H17NO2/c1-11-3-5-14(6-4-11)16(19)17-15-9-7-13(8-10-15)12(2)18/h3-10,12,18H,1-2H3,(H,17,19)/t12-/m1/s1. The van der Waals surface area contributed by atoms with Crippen LogP contribution in [0.4, 0.5) is 5.69 Å². The summed E-state index contributed by atoms with van der Waals surface area (Å²) in [6.07, 6.45) is -0.498. The number of amides is 1. The van der Waals surface area contributed by atoms with E-state index in [4.69, 9.17) is 0 Å². The number of carbonyl (C=O) groups is 1. The number of anilines is 1. The van der Waals surface area contributed by atoms with Crippen molar-refractivity contribution in [1.82, 2.24) is 0 Å². The van der Waals surface area contributed by atoms with E-state index in [-0.39, 0.29) is 5.91 Å². The fourth-order valence-corrected chi connectivity index (χ4v) is 1.75. The number of benzene rings is 2. The molecule has 0 spiro atoms. The van der Waals surface area contributed by atoms with Crippen LogP contribution in [0.1, 0.15) is 34.5 Å². The maximum absolute atomic E-state index is 12.0. The zero-order valence-corrected chi connectivity index (χ0v) is 11.1. The van der Waals surface area contributed by atoms with Gasteiger partial charge in [-0.25, -0.2) is 0 Å². The van der Waals surface area contributed by atoms with Crippen molar-refractivity contribution in [3.8, 4) is 0 Å². The second kappa shape index (κ2) is 5.67. The maximum Gasteiger partial charge on any atom is 0.255 e. The van der Waals surface area contributed by atoms with Gasteiger partial charge in [0.15, 0.2) is 0 Å². The Morgan fingerprint density at radius 3 is 2.16 bits per heavy atom. The summed E-state index contributed by atoms with van der Waals surface area (Å²) in [6.45, 7) is 3.69. The van der Waals surface area contributed by atoms with Gasteiger partial charge in [-0.2, -0.15) is 0 Å². The Hall–Kier alpha value is -2.13. The lowest BCUT2D eigenvalue weighted by atomic mass is 10.1. The van der Waals surface area contributed by atoms with Crippen molar-refractivity contribution in [3.63, 3.8) is 0 Å². The minimum Gasteiger partial charge on any atom is -0.389 e. The topological polar surface area (TPSA) is 49.3 Å². The molecule has 0 aliphatic carbocycles. The van der Waals surface area contributed by atoms with Gasteiger partial charge in [-0.3, -0.25) is 4.79 Å². The molecule has 2 aromatic carbocycles. The molecule has 0 aromatic heterocycles. The Labute approximate surface area is 112 Å². The largest absolute Gasteiger partial charge is 0.389 e. The minimum absolute atomic E-state index is 0.134. The molecule has 3 nitrogen and oxygen atoms in total. The average molecular weight is 255 g/mol. The first-order valence-corrected chi connectivity index (χ1v) is 6.22. The third-order valence-corrected chi connectivity index (χ3v) is 2.96. The van der Waals surface area contributed by atoms with Crippen LogP contribution in [0.15, 0.2) is 48.5 Å². The summed E-state index contributed by atoms with van der Waals surface area (Å²) < 4.78 is 0. The van der Waals surface area contributed by atoms with E-state index in [1.807, 2.05) is 19.1 Å². The lowest BCUT2D eigenvalue weighted by Crippen LogP contribution is -2.11. The average Bonchev–Trinajstić information content (AvgIpc) is 2.40. The van der Waals surface area contributed by atoms with Gasteiger partial charge >= 0.3 is 0 Å². The molecule has 0 fully saturated rings. The molecule has 3 heteroatoms. The fourth-order valence-electron chi connectivity index (χ4n) is 1.75. The Morgan fingerprint density at radius 1 is 1.05 bits per heavy atom. The van der Waals surface area contributed by atoms with Crippen LogP contribution >= 0.6 is 0 Å². The van der Waals surface area contributed by atoms with Crippen LogP contribution in [0, 0.1) is 6.92 Å². The number of carbonyl (C=O) groups excluding carboxylic acids is 1. The number of hydrogen-bond donors (Lipinski definition) is 2. The van der Waals surface area contributed by atoms with Crippen molar-refractivity contribution in [3.05, 3.63) is 65.2 Å². The van der Waals surface area contributed by atoms with Crippen molar-refractivity contribution in [2.24, 2.45) is 0 Å². The normalized spacial score (nSPS) is 11.9. The molecule has 0 saturated heterocycles. The van der Waals surface area contributed by atoms with E-state index < -0.39 is 6.10 Å². The van der Waals surface area contributed by atoms with Gasteiger partial charge in [-0.1, -0.05) is 29.8 Å². The number of hydrogen-bond acceptors (Lipinski definition) is 2. The van der Waals surface area contributed by atoms with Crippen LogP contribution in [0.3, 0.4) is 0 Å². The minimum atomic E-state index is -0.498. The van der Waals surface area contributed by atoms with Gasteiger partial charge in [0.2, 0.25) is 0 Å². The first-order valence-electron chi connectivity index (χ1n) is 6.22. The molecule has 1 amide bonds. The maximum atomic E-state index is 12.0. The van der Waals surface area contributed by atoms with E-state index in [1.165, 1.54) is 0 Å². The molecule has 0 bridgehead atoms. The highest BCUT2D eigenvalue weighted by Crippen LogP contribution is 2.16. The third kappa shape index (κ3) is 3.42. The molecule has 2 aromatic rings. The van der Waals surface area contributed by atoms with Crippen molar-refractivity contribution in [2.75, 3.05) is 5.32 Å². The van der Waals surface area contributed by atoms with Crippen LogP contribution in [-0.2, 0) is 0 Å². The molecule has 19 heavy (non-hydrogen) atoms. The first kappa shape index (κ1) is 13.3. The van der Waals surface area contributed by atoms with E-state index in [9.17, 15) is 9.90 Å². The smallest absolute Gasteiger partial charge is 0.255 e. The van der Waals surface area contributed by atoms with Crippen molar-refractivity contribution in [1.29, 1.82) is 0 Å². The first-order chi connectivity index (χ1) is 9.06. The lowest BCUT2D eigenvalue weighted by Gasteiger charge is -2.08. The summed E-state index contributed by atoms with van der Waals surface area (Å²) in [4.78, 5) is 12.0. The molecule has 0 aliphatic heterocycles. The van der Waals surface area contributed by atoms with Crippen LogP contribution in [0.5, 0.6) is 0 Å². The van der Waals surface area contributed by atoms with Crippen LogP contribution in [0.25, 0.3) is 0 Å². The Kier molecular flexibility index (Phi) is 3.97. The molecular weight excluding hydrogens is 238 g/mol. The summed E-state index contributed by atoms with van der Waals surface area (Å²) in [7, 11) is 0. The molecular formula is C16H17NO2. The summed E-state index contributed by atoms with van der Waals surface area (Å²) in [5, 5.41) is 12.2. The quantitative estimate of drug-likeness (QED) is 0.884. The molecule has 2 N–H and O–H groups in total. The molecule has 0 aliphatic rings. The van der Waals surface area contributed by atoms with Gasteiger partial charge in [-0.15, -0.1) is 0 Å². The van der Waals surface area contributed by atoms with Crippen molar-refractivity contribution < 1.29 is 9.90 Å². The summed E-state index contributed by atoms with van der Waals surface area (Å²) in [5.41, 5.74) is 3.30.